The number of nitrogens with zero attached hydrogens (tertiary/aromatic N) is 3. The van der Waals surface area contributed by atoms with E-state index in [9.17, 15) is 10.5 Å². The Morgan fingerprint density at radius 1 is 0.596 bits per heavy atom. The molecule has 3 atom stereocenters. The molecule has 2 aliphatic heterocycles. The van der Waals surface area contributed by atoms with Crippen molar-refractivity contribution in [2.45, 2.75) is 31.3 Å². The summed E-state index contributed by atoms with van der Waals surface area (Å²) in [6.07, 6.45) is 3.98. The Bertz CT molecular complexity index is 2720. The van der Waals surface area contributed by atoms with Gasteiger partial charge in [-0.25, -0.2) is 0 Å². The SMILES string of the molecule is N#Cc1cc(-c2ccc(C3CCNC4NCCCC43)cc2)cc(C#N)c1-c1ccc(-n2c3ccccc3c3cc4c(cc32)oc2ccccc24)cc1. The van der Waals surface area contributed by atoms with Gasteiger partial charge in [-0.1, -0.05) is 72.8 Å². The van der Waals surface area contributed by atoms with E-state index in [1.54, 1.807) is 0 Å². The monoisotopic (exact) mass is 673 g/mol. The molecule has 2 aromatic heterocycles. The largest absolute Gasteiger partial charge is 0.456 e. The molecule has 2 saturated heterocycles. The fourth-order valence-electron chi connectivity index (χ4n) is 9.05. The molecule has 2 N–H and O–H groups in total. The molecule has 0 saturated carbocycles. The number of fused-ring (bicyclic) bond motifs is 7. The Morgan fingerprint density at radius 3 is 2.10 bits per heavy atom. The van der Waals surface area contributed by atoms with Crippen LogP contribution in [0.5, 0.6) is 0 Å². The summed E-state index contributed by atoms with van der Waals surface area (Å²) in [7, 11) is 0. The van der Waals surface area contributed by atoms with E-state index < -0.39 is 0 Å². The van der Waals surface area contributed by atoms with Gasteiger partial charge in [0.2, 0.25) is 0 Å². The number of nitriles is 2. The van der Waals surface area contributed by atoms with Crippen molar-refractivity contribution in [2.75, 3.05) is 13.1 Å². The van der Waals surface area contributed by atoms with Gasteiger partial charge in [0, 0.05) is 38.9 Å². The van der Waals surface area contributed by atoms with Gasteiger partial charge >= 0.3 is 0 Å². The maximum absolute atomic E-state index is 10.4. The lowest BCUT2D eigenvalue weighted by Gasteiger charge is -2.42. The molecule has 0 aliphatic carbocycles. The van der Waals surface area contributed by atoms with Gasteiger partial charge in [0.1, 0.15) is 11.2 Å². The normalized spacial score (nSPS) is 18.8. The third-order valence-corrected chi connectivity index (χ3v) is 11.5. The molecule has 0 amide bonds. The third-order valence-electron chi connectivity index (χ3n) is 11.5. The van der Waals surface area contributed by atoms with Gasteiger partial charge in [-0.3, -0.25) is 0 Å². The highest BCUT2D eigenvalue weighted by atomic mass is 16.3. The predicted molar refractivity (Wildman–Crippen MR) is 208 cm³/mol. The Kier molecular flexibility index (Phi) is 7.22. The Balaban J connectivity index is 1.01. The van der Waals surface area contributed by atoms with Gasteiger partial charge in [0.05, 0.1) is 40.5 Å². The van der Waals surface area contributed by atoms with Crippen LogP contribution in [0.2, 0.25) is 0 Å². The molecule has 10 rings (SSSR count). The minimum absolute atomic E-state index is 0.390. The second kappa shape index (κ2) is 12.2. The smallest absolute Gasteiger partial charge is 0.137 e. The summed E-state index contributed by atoms with van der Waals surface area (Å²) in [5.74, 6) is 1.12. The van der Waals surface area contributed by atoms with E-state index in [4.69, 9.17) is 4.42 Å². The number of nitrogens with one attached hydrogen (secondary N) is 2. The van der Waals surface area contributed by atoms with Crippen LogP contribution in [0.4, 0.5) is 0 Å². The molecule has 6 aromatic carbocycles. The fourth-order valence-corrected chi connectivity index (χ4v) is 9.05. The maximum atomic E-state index is 10.4. The molecule has 0 radical (unpaired) electrons. The van der Waals surface area contributed by atoms with E-state index in [2.05, 4.69) is 106 Å². The summed E-state index contributed by atoms with van der Waals surface area (Å²) in [4.78, 5) is 0. The zero-order valence-corrected chi connectivity index (χ0v) is 28.6. The summed E-state index contributed by atoms with van der Waals surface area (Å²) >= 11 is 0. The highest BCUT2D eigenvalue weighted by Crippen LogP contribution is 2.41. The van der Waals surface area contributed by atoms with Crippen molar-refractivity contribution < 1.29 is 4.42 Å². The van der Waals surface area contributed by atoms with Crippen LogP contribution in [-0.4, -0.2) is 23.8 Å². The van der Waals surface area contributed by atoms with Gasteiger partial charge in [-0.15, -0.1) is 0 Å². The van der Waals surface area contributed by atoms with Crippen LogP contribution in [-0.2, 0) is 0 Å². The van der Waals surface area contributed by atoms with Gasteiger partial charge in [0.15, 0.2) is 0 Å². The minimum Gasteiger partial charge on any atom is -0.456 e. The summed E-state index contributed by atoms with van der Waals surface area (Å²) < 4.78 is 8.55. The van der Waals surface area contributed by atoms with Crippen molar-refractivity contribution in [1.82, 2.24) is 15.2 Å². The van der Waals surface area contributed by atoms with E-state index >= 15 is 0 Å². The van der Waals surface area contributed by atoms with Gasteiger partial charge in [0.25, 0.3) is 0 Å². The van der Waals surface area contributed by atoms with Crippen molar-refractivity contribution in [2.24, 2.45) is 5.92 Å². The standard InChI is InChI=1S/C46H35N5O/c47-26-32-22-31(28-11-13-29(14-12-28)35-19-21-50-46-38(35)8-5-20-49-46)23-33(27-48)45(32)30-15-17-34(18-16-30)51-41-9-3-1-6-36(41)39-24-40-37-7-2-4-10-43(37)52-44(40)25-42(39)51/h1-4,6-7,9-18,22-25,35,38,46,49-50H,5,8,19-21H2. The Morgan fingerprint density at radius 2 is 1.31 bits per heavy atom. The number of hydrogen-bond acceptors (Lipinski definition) is 5. The minimum atomic E-state index is 0.390. The number of benzene rings is 6. The highest BCUT2D eigenvalue weighted by molar-refractivity contribution is 6.17. The van der Waals surface area contributed by atoms with Crippen LogP contribution in [0.15, 0.2) is 126 Å². The van der Waals surface area contributed by atoms with Crippen molar-refractivity contribution in [3.05, 3.63) is 138 Å². The molecule has 2 aliphatic rings. The van der Waals surface area contributed by atoms with Crippen LogP contribution in [0.25, 0.3) is 71.7 Å². The molecule has 6 heteroatoms. The lowest BCUT2D eigenvalue weighted by molar-refractivity contribution is 0.165. The number of furan rings is 1. The van der Waals surface area contributed by atoms with Crippen molar-refractivity contribution >= 4 is 43.7 Å². The quantitative estimate of drug-likeness (QED) is 0.194. The molecule has 3 unspecified atom stereocenters. The van der Waals surface area contributed by atoms with Crippen molar-refractivity contribution in [3.63, 3.8) is 0 Å². The summed E-state index contributed by atoms with van der Waals surface area (Å²) in [6, 6.07) is 46.7. The van der Waals surface area contributed by atoms with Crippen molar-refractivity contribution in [1.29, 1.82) is 10.5 Å². The van der Waals surface area contributed by atoms with E-state index in [1.165, 1.54) is 23.8 Å². The first kappa shape index (κ1) is 30.6. The summed E-state index contributed by atoms with van der Waals surface area (Å²) in [5, 5.41) is 32.6. The topological polar surface area (TPSA) is 89.7 Å². The highest BCUT2D eigenvalue weighted by Gasteiger charge is 2.35. The number of hydrogen-bond donors (Lipinski definition) is 2. The molecular formula is C46H35N5O. The number of aromatic nitrogens is 1. The first-order valence-electron chi connectivity index (χ1n) is 18.2. The van der Waals surface area contributed by atoms with E-state index in [1.807, 2.05) is 42.5 Å². The predicted octanol–water partition coefficient (Wildman–Crippen LogP) is 10.2. The van der Waals surface area contributed by atoms with Gasteiger partial charge in [-0.2, -0.15) is 10.5 Å². The van der Waals surface area contributed by atoms with E-state index in [0.29, 0.717) is 34.7 Å². The molecule has 250 valence electrons. The number of piperidine rings is 2. The van der Waals surface area contributed by atoms with Gasteiger partial charge < -0.3 is 19.6 Å². The van der Waals surface area contributed by atoms with Crippen LogP contribution < -0.4 is 10.6 Å². The first-order chi connectivity index (χ1) is 25.7. The average Bonchev–Trinajstić information content (AvgIpc) is 3.74. The molecule has 0 spiro atoms. The Labute approximate surface area is 301 Å². The first-order valence-corrected chi connectivity index (χ1v) is 18.2. The zero-order chi connectivity index (χ0) is 34.8. The maximum Gasteiger partial charge on any atom is 0.137 e. The molecule has 0 bridgehead atoms. The molecular weight excluding hydrogens is 639 g/mol. The molecule has 52 heavy (non-hydrogen) atoms. The molecule has 8 aromatic rings. The van der Waals surface area contributed by atoms with Gasteiger partial charge in [-0.05, 0) is 109 Å². The van der Waals surface area contributed by atoms with E-state index in [-0.39, 0.29) is 0 Å². The zero-order valence-electron chi connectivity index (χ0n) is 28.6. The Hall–Kier alpha value is -6.18. The molecule has 6 nitrogen and oxygen atoms in total. The lowest BCUT2D eigenvalue weighted by atomic mass is 9.75. The van der Waals surface area contributed by atoms with Crippen LogP contribution in [0.1, 0.15) is 41.9 Å². The second-order valence-electron chi connectivity index (χ2n) is 14.2. The van der Waals surface area contributed by atoms with Crippen molar-refractivity contribution in [3.8, 4) is 40.1 Å². The molecule has 4 heterocycles. The van der Waals surface area contributed by atoms with Crippen LogP contribution in [0.3, 0.4) is 0 Å². The number of rotatable bonds is 4. The van der Waals surface area contributed by atoms with Crippen LogP contribution in [0, 0.1) is 28.6 Å². The summed E-state index contributed by atoms with van der Waals surface area (Å²) in [5.41, 5.74) is 10.6. The lowest BCUT2D eigenvalue weighted by Crippen LogP contribution is -2.56. The fraction of sp³-hybridized carbons (Fsp3) is 0.174. The molecule has 2 fully saturated rings. The number of para-hydroxylation sites is 2. The average molecular weight is 674 g/mol. The third kappa shape index (κ3) is 4.84. The van der Waals surface area contributed by atoms with Crippen LogP contribution >= 0.6 is 0 Å². The van der Waals surface area contributed by atoms with E-state index in [0.717, 1.165) is 80.2 Å². The summed E-state index contributed by atoms with van der Waals surface area (Å²) in [6.45, 7) is 2.10. The second-order valence-corrected chi connectivity index (χ2v) is 14.2.